The van der Waals surface area contributed by atoms with Crippen molar-refractivity contribution in [3.8, 4) is 0 Å². The van der Waals surface area contributed by atoms with Crippen molar-refractivity contribution in [1.29, 1.82) is 0 Å². The summed E-state index contributed by atoms with van der Waals surface area (Å²) in [5.74, 6) is 0.932. The highest BCUT2D eigenvalue weighted by atomic mass is 16.3. The maximum atomic E-state index is 9.82. The maximum Gasteiger partial charge on any atom is 0.160 e. The van der Waals surface area contributed by atoms with Crippen molar-refractivity contribution in [2.24, 2.45) is 0 Å². The van der Waals surface area contributed by atoms with E-state index in [4.69, 9.17) is 0 Å². The van der Waals surface area contributed by atoms with Gasteiger partial charge in [0.1, 0.15) is 5.82 Å². The highest BCUT2D eigenvalue weighted by Gasteiger charge is 2.21. The van der Waals surface area contributed by atoms with Crippen LogP contribution in [0.3, 0.4) is 0 Å². The first-order chi connectivity index (χ1) is 8.48. The summed E-state index contributed by atoms with van der Waals surface area (Å²) in [6, 6.07) is 5.88. The van der Waals surface area contributed by atoms with Gasteiger partial charge in [-0.05, 0) is 32.9 Å². The Morgan fingerprint density at radius 3 is 2.89 bits per heavy atom. The van der Waals surface area contributed by atoms with Crippen LogP contribution in [-0.4, -0.2) is 37.9 Å². The maximum absolute atomic E-state index is 9.82. The van der Waals surface area contributed by atoms with Gasteiger partial charge in [0.25, 0.3) is 0 Å². The quantitative estimate of drug-likeness (QED) is 0.829. The Labute approximate surface area is 107 Å². The molecule has 0 amide bonds. The first-order valence-electron chi connectivity index (χ1n) is 6.23. The fourth-order valence-corrected chi connectivity index (χ4v) is 1.71. The second-order valence-electron chi connectivity index (χ2n) is 5.12. The number of aliphatic hydroxyl groups is 1. The average Bonchev–Trinajstić information content (AvgIpc) is 2.71. The zero-order chi connectivity index (χ0) is 13.2. The molecular weight excluding hydrogens is 228 g/mol. The molecule has 2 aromatic heterocycles. The van der Waals surface area contributed by atoms with E-state index < -0.39 is 5.60 Å². The van der Waals surface area contributed by atoms with Crippen molar-refractivity contribution in [3.63, 3.8) is 0 Å². The molecule has 2 rings (SSSR count). The predicted molar refractivity (Wildman–Crippen MR) is 70.5 cm³/mol. The lowest BCUT2D eigenvalue weighted by Crippen LogP contribution is -2.45. The first-order valence-corrected chi connectivity index (χ1v) is 6.23. The van der Waals surface area contributed by atoms with Crippen LogP contribution in [0.15, 0.2) is 24.4 Å². The molecule has 0 aromatic carbocycles. The molecule has 98 valence electrons. The van der Waals surface area contributed by atoms with E-state index >= 15 is 0 Å². The van der Waals surface area contributed by atoms with Crippen LogP contribution in [0.1, 0.15) is 26.6 Å². The molecular formula is C13H20N4O. The molecule has 18 heavy (non-hydrogen) atoms. The minimum Gasteiger partial charge on any atom is -0.389 e. The van der Waals surface area contributed by atoms with Gasteiger partial charge in [-0.25, -0.2) is 0 Å². The van der Waals surface area contributed by atoms with Crippen molar-refractivity contribution in [2.75, 3.05) is 6.54 Å². The molecule has 0 aliphatic heterocycles. The fraction of sp³-hybridized carbons (Fsp3) is 0.538. The number of fused-ring (bicyclic) bond motifs is 1. The Kier molecular flexibility index (Phi) is 3.63. The summed E-state index contributed by atoms with van der Waals surface area (Å²) < 4.78 is 1.98. The van der Waals surface area contributed by atoms with E-state index in [0.29, 0.717) is 0 Å². The summed E-state index contributed by atoms with van der Waals surface area (Å²) in [5.41, 5.74) is 0.149. The van der Waals surface area contributed by atoms with Crippen LogP contribution in [0, 0.1) is 0 Å². The molecule has 2 N–H and O–H groups in total. The van der Waals surface area contributed by atoms with E-state index in [1.807, 2.05) is 35.7 Å². The Bertz CT molecular complexity index is 515. The van der Waals surface area contributed by atoms with Crippen LogP contribution in [0.25, 0.3) is 5.65 Å². The standard InChI is InChI=1S/C13H20N4O/c1-10(13(2,3)18)14-8-7-12-16-15-11-6-4-5-9-17(11)12/h4-6,9-10,14,18H,7-8H2,1-3H3. The van der Waals surface area contributed by atoms with Gasteiger partial charge in [0.15, 0.2) is 5.65 Å². The summed E-state index contributed by atoms with van der Waals surface area (Å²) >= 11 is 0. The second kappa shape index (κ2) is 5.04. The van der Waals surface area contributed by atoms with Crippen molar-refractivity contribution in [1.82, 2.24) is 19.9 Å². The molecule has 0 radical (unpaired) electrons. The Balaban J connectivity index is 1.95. The van der Waals surface area contributed by atoms with Crippen molar-refractivity contribution < 1.29 is 5.11 Å². The molecule has 0 saturated carbocycles. The molecule has 5 nitrogen and oxygen atoms in total. The third kappa shape index (κ3) is 2.86. The molecule has 5 heteroatoms. The number of nitrogens with one attached hydrogen (secondary N) is 1. The average molecular weight is 248 g/mol. The number of aromatic nitrogens is 3. The molecule has 0 spiro atoms. The van der Waals surface area contributed by atoms with Crippen LogP contribution in [0.4, 0.5) is 0 Å². The van der Waals surface area contributed by atoms with E-state index in [1.165, 1.54) is 0 Å². The van der Waals surface area contributed by atoms with Crippen LogP contribution in [0.2, 0.25) is 0 Å². The van der Waals surface area contributed by atoms with Crippen molar-refractivity contribution in [2.45, 2.75) is 38.8 Å². The van der Waals surface area contributed by atoms with Crippen LogP contribution >= 0.6 is 0 Å². The van der Waals surface area contributed by atoms with Gasteiger partial charge in [0.05, 0.1) is 5.60 Å². The van der Waals surface area contributed by atoms with Crippen molar-refractivity contribution in [3.05, 3.63) is 30.2 Å². The summed E-state index contributed by atoms with van der Waals surface area (Å²) in [6.07, 6.45) is 2.75. The minimum atomic E-state index is -0.715. The van der Waals surface area contributed by atoms with Crippen LogP contribution in [0.5, 0.6) is 0 Å². The van der Waals surface area contributed by atoms with E-state index in [1.54, 1.807) is 13.8 Å². The monoisotopic (exact) mass is 248 g/mol. The molecule has 1 unspecified atom stereocenters. The molecule has 2 aromatic rings. The molecule has 0 bridgehead atoms. The number of hydrogen-bond acceptors (Lipinski definition) is 4. The van der Waals surface area contributed by atoms with Gasteiger partial charge in [0.2, 0.25) is 0 Å². The summed E-state index contributed by atoms with van der Waals surface area (Å²) in [5, 5.41) is 21.4. The van der Waals surface area contributed by atoms with Crippen LogP contribution < -0.4 is 5.32 Å². The first kappa shape index (κ1) is 13.0. The van der Waals surface area contributed by atoms with Gasteiger partial charge < -0.3 is 10.4 Å². The SMILES string of the molecule is CC(NCCc1nnc2ccccn12)C(C)(C)O. The zero-order valence-corrected chi connectivity index (χ0v) is 11.1. The number of pyridine rings is 1. The van der Waals surface area contributed by atoms with Gasteiger partial charge >= 0.3 is 0 Å². The lowest BCUT2D eigenvalue weighted by atomic mass is 10.0. The van der Waals surface area contributed by atoms with Crippen molar-refractivity contribution >= 4 is 5.65 Å². The predicted octanol–water partition coefficient (Wildman–Crippen LogP) is 1.02. The lowest BCUT2D eigenvalue weighted by Gasteiger charge is -2.26. The second-order valence-corrected chi connectivity index (χ2v) is 5.12. The van der Waals surface area contributed by atoms with E-state index in [0.717, 1.165) is 24.4 Å². The Morgan fingerprint density at radius 2 is 2.17 bits per heavy atom. The van der Waals surface area contributed by atoms with Gasteiger partial charge in [0, 0.05) is 25.2 Å². The third-order valence-electron chi connectivity index (χ3n) is 3.24. The largest absolute Gasteiger partial charge is 0.389 e. The van der Waals surface area contributed by atoms with Gasteiger partial charge in [-0.3, -0.25) is 4.40 Å². The summed E-state index contributed by atoms with van der Waals surface area (Å²) in [7, 11) is 0. The highest BCUT2D eigenvalue weighted by Crippen LogP contribution is 2.08. The Morgan fingerprint density at radius 1 is 1.39 bits per heavy atom. The van der Waals surface area contributed by atoms with E-state index in [2.05, 4.69) is 15.5 Å². The fourth-order valence-electron chi connectivity index (χ4n) is 1.71. The zero-order valence-electron chi connectivity index (χ0n) is 11.1. The number of rotatable bonds is 5. The van der Waals surface area contributed by atoms with E-state index in [9.17, 15) is 5.11 Å². The van der Waals surface area contributed by atoms with Gasteiger partial charge in [-0.2, -0.15) is 0 Å². The highest BCUT2D eigenvalue weighted by molar-refractivity contribution is 5.36. The topological polar surface area (TPSA) is 62.5 Å². The molecule has 0 saturated heterocycles. The molecule has 0 fully saturated rings. The molecule has 0 aliphatic carbocycles. The van der Waals surface area contributed by atoms with E-state index in [-0.39, 0.29) is 6.04 Å². The van der Waals surface area contributed by atoms with Crippen LogP contribution in [-0.2, 0) is 6.42 Å². The molecule has 0 aliphatic rings. The molecule has 2 heterocycles. The summed E-state index contributed by atoms with van der Waals surface area (Å²) in [6.45, 7) is 6.34. The van der Waals surface area contributed by atoms with Gasteiger partial charge in [-0.15, -0.1) is 10.2 Å². The summed E-state index contributed by atoms with van der Waals surface area (Å²) in [4.78, 5) is 0. The third-order valence-corrected chi connectivity index (χ3v) is 3.24. The normalized spacial score (nSPS) is 14.0. The number of nitrogens with zero attached hydrogens (tertiary/aromatic N) is 3. The lowest BCUT2D eigenvalue weighted by molar-refractivity contribution is 0.0446. The minimum absolute atomic E-state index is 0.0386. The number of hydrogen-bond donors (Lipinski definition) is 2. The van der Waals surface area contributed by atoms with Gasteiger partial charge in [-0.1, -0.05) is 6.07 Å². The molecule has 1 atom stereocenters. The smallest absolute Gasteiger partial charge is 0.160 e. The Hall–Kier alpha value is -1.46.